The first-order chi connectivity index (χ1) is 8.65. The van der Waals surface area contributed by atoms with E-state index in [4.69, 9.17) is 9.15 Å². The van der Waals surface area contributed by atoms with Crippen LogP contribution in [0.25, 0.3) is 11.0 Å². The number of hydrogen-bond donors (Lipinski definition) is 1. The van der Waals surface area contributed by atoms with Gasteiger partial charge in [-0.2, -0.15) is 0 Å². The normalized spacial score (nSPS) is 11.3. The Labute approximate surface area is 116 Å². The summed E-state index contributed by atoms with van der Waals surface area (Å²) >= 11 is 3.63. The number of halogens is 1. The van der Waals surface area contributed by atoms with Crippen molar-refractivity contribution >= 4 is 26.9 Å². The summed E-state index contributed by atoms with van der Waals surface area (Å²) in [5, 5.41) is 4.55. The number of aryl methyl sites for hydroxylation is 2. The van der Waals surface area contributed by atoms with E-state index in [2.05, 4.69) is 41.2 Å². The Morgan fingerprint density at radius 1 is 1.39 bits per heavy atom. The van der Waals surface area contributed by atoms with Crippen LogP contribution in [0.5, 0.6) is 0 Å². The SMILES string of the molecule is COCCNCc1coc2cc(C)c(Br)c(C)c12. The van der Waals surface area contributed by atoms with Crippen molar-refractivity contribution in [1.29, 1.82) is 0 Å². The largest absolute Gasteiger partial charge is 0.464 e. The highest BCUT2D eigenvalue weighted by molar-refractivity contribution is 9.10. The molecule has 3 nitrogen and oxygen atoms in total. The Morgan fingerprint density at radius 2 is 2.17 bits per heavy atom. The quantitative estimate of drug-likeness (QED) is 0.858. The lowest BCUT2D eigenvalue weighted by molar-refractivity contribution is 0.199. The molecule has 0 radical (unpaired) electrons. The molecule has 0 aliphatic rings. The minimum Gasteiger partial charge on any atom is -0.464 e. The average Bonchev–Trinajstić information content (AvgIpc) is 2.75. The molecule has 0 aliphatic heterocycles. The van der Waals surface area contributed by atoms with Gasteiger partial charge in [-0.25, -0.2) is 0 Å². The second-order valence-electron chi connectivity index (χ2n) is 4.44. The highest BCUT2D eigenvalue weighted by Crippen LogP contribution is 2.32. The number of nitrogens with one attached hydrogen (secondary N) is 1. The van der Waals surface area contributed by atoms with Crippen LogP contribution in [0.4, 0.5) is 0 Å². The number of benzene rings is 1. The molecular formula is C14H18BrNO2. The number of rotatable bonds is 5. The molecule has 0 aliphatic carbocycles. The fourth-order valence-corrected chi connectivity index (χ4v) is 2.45. The van der Waals surface area contributed by atoms with E-state index in [0.717, 1.165) is 29.8 Å². The van der Waals surface area contributed by atoms with Crippen molar-refractivity contribution in [2.24, 2.45) is 0 Å². The molecule has 0 amide bonds. The van der Waals surface area contributed by atoms with Gasteiger partial charge in [-0.3, -0.25) is 0 Å². The summed E-state index contributed by atoms with van der Waals surface area (Å²) in [5.41, 5.74) is 4.59. The molecule has 18 heavy (non-hydrogen) atoms. The monoisotopic (exact) mass is 311 g/mol. The zero-order valence-electron chi connectivity index (χ0n) is 11.0. The maximum Gasteiger partial charge on any atom is 0.134 e. The van der Waals surface area contributed by atoms with E-state index in [1.807, 2.05) is 6.26 Å². The fourth-order valence-electron chi connectivity index (χ4n) is 2.14. The van der Waals surface area contributed by atoms with Crippen molar-refractivity contribution in [3.63, 3.8) is 0 Å². The number of methoxy groups -OCH3 is 1. The number of furan rings is 1. The lowest BCUT2D eigenvalue weighted by atomic mass is 10.0. The van der Waals surface area contributed by atoms with Gasteiger partial charge in [-0.15, -0.1) is 0 Å². The Morgan fingerprint density at radius 3 is 2.89 bits per heavy atom. The topological polar surface area (TPSA) is 34.4 Å². The number of ether oxygens (including phenoxy) is 1. The van der Waals surface area contributed by atoms with E-state index in [1.165, 1.54) is 22.1 Å². The molecule has 0 spiro atoms. The van der Waals surface area contributed by atoms with E-state index in [9.17, 15) is 0 Å². The summed E-state index contributed by atoms with van der Waals surface area (Å²) < 4.78 is 11.8. The van der Waals surface area contributed by atoms with Gasteiger partial charge in [0.2, 0.25) is 0 Å². The summed E-state index contributed by atoms with van der Waals surface area (Å²) in [5.74, 6) is 0. The van der Waals surface area contributed by atoms with Gasteiger partial charge in [0, 0.05) is 35.6 Å². The number of fused-ring (bicyclic) bond motifs is 1. The molecule has 98 valence electrons. The maximum absolute atomic E-state index is 5.63. The molecule has 1 aromatic heterocycles. The molecule has 1 aromatic carbocycles. The van der Waals surface area contributed by atoms with Crippen molar-refractivity contribution in [3.8, 4) is 0 Å². The number of hydrogen-bond acceptors (Lipinski definition) is 3. The van der Waals surface area contributed by atoms with Gasteiger partial charge in [0.15, 0.2) is 0 Å². The molecule has 0 bridgehead atoms. The van der Waals surface area contributed by atoms with Crippen LogP contribution in [0.1, 0.15) is 16.7 Å². The van der Waals surface area contributed by atoms with E-state index in [0.29, 0.717) is 0 Å². The molecule has 0 saturated heterocycles. The van der Waals surface area contributed by atoms with Crippen LogP contribution in [-0.2, 0) is 11.3 Å². The zero-order valence-corrected chi connectivity index (χ0v) is 12.6. The third-order valence-electron chi connectivity index (χ3n) is 3.09. The molecule has 1 N–H and O–H groups in total. The molecule has 4 heteroatoms. The molecule has 2 aromatic rings. The summed E-state index contributed by atoms with van der Waals surface area (Å²) in [4.78, 5) is 0. The predicted molar refractivity (Wildman–Crippen MR) is 77.0 cm³/mol. The molecular weight excluding hydrogens is 294 g/mol. The van der Waals surface area contributed by atoms with Crippen LogP contribution in [0.15, 0.2) is 21.2 Å². The summed E-state index contributed by atoms with van der Waals surface area (Å²) in [7, 11) is 1.71. The minimum atomic E-state index is 0.720. The first-order valence-electron chi connectivity index (χ1n) is 6.00. The van der Waals surface area contributed by atoms with Crippen molar-refractivity contribution in [1.82, 2.24) is 5.32 Å². The van der Waals surface area contributed by atoms with Gasteiger partial charge in [0.1, 0.15) is 5.58 Å². The Kier molecular flexibility index (Phi) is 4.43. The standard InChI is InChI=1S/C14H18BrNO2/c1-9-6-12-13(10(2)14(9)15)11(8-18-12)7-16-4-5-17-3/h6,8,16H,4-5,7H2,1-3H3. The highest BCUT2D eigenvalue weighted by Gasteiger charge is 2.12. The minimum absolute atomic E-state index is 0.720. The van der Waals surface area contributed by atoms with Crippen molar-refractivity contribution < 1.29 is 9.15 Å². The summed E-state index contributed by atoms with van der Waals surface area (Å²) in [6.45, 7) is 6.56. The van der Waals surface area contributed by atoms with Crippen molar-refractivity contribution in [2.45, 2.75) is 20.4 Å². The molecule has 0 saturated carbocycles. The van der Waals surface area contributed by atoms with E-state index >= 15 is 0 Å². The van der Waals surface area contributed by atoms with E-state index < -0.39 is 0 Å². The first kappa shape index (κ1) is 13.6. The van der Waals surface area contributed by atoms with Crippen LogP contribution in [0.2, 0.25) is 0 Å². The Bertz CT molecular complexity index is 548. The highest BCUT2D eigenvalue weighted by atomic mass is 79.9. The van der Waals surface area contributed by atoms with Gasteiger partial charge in [-0.05, 0) is 31.0 Å². The van der Waals surface area contributed by atoms with Crippen LogP contribution >= 0.6 is 15.9 Å². The molecule has 0 unspecified atom stereocenters. The van der Waals surface area contributed by atoms with Gasteiger partial charge < -0.3 is 14.5 Å². The molecule has 0 atom stereocenters. The lowest BCUT2D eigenvalue weighted by Crippen LogP contribution is -2.18. The predicted octanol–water partition coefficient (Wildman–Crippen LogP) is 3.55. The van der Waals surface area contributed by atoms with Crippen molar-refractivity contribution in [3.05, 3.63) is 33.5 Å². The Hall–Kier alpha value is -0.840. The maximum atomic E-state index is 5.63. The second-order valence-corrected chi connectivity index (χ2v) is 5.23. The second kappa shape index (κ2) is 5.87. The third-order valence-corrected chi connectivity index (χ3v) is 4.31. The Balaban J connectivity index is 2.27. The van der Waals surface area contributed by atoms with Crippen LogP contribution in [-0.4, -0.2) is 20.3 Å². The lowest BCUT2D eigenvalue weighted by Gasteiger charge is -2.07. The summed E-state index contributed by atoms with van der Waals surface area (Å²) in [6.07, 6.45) is 1.84. The zero-order chi connectivity index (χ0) is 13.1. The first-order valence-corrected chi connectivity index (χ1v) is 6.80. The molecule has 2 rings (SSSR count). The van der Waals surface area contributed by atoms with Crippen molar-refractivity contribution in [2.75, 3.05) is 20.3 Å². The van der Waals surface area contributed by atoms with Crippen LogP contribution < -0.4 is 5.32 Å². The summed E-state index contributed by atoms with van der Waals surface area (Å²) in [6, 6.07) is 2.07. The van der Waals surface area contributed by atoms with E-state index in [1.54, 1.807) is 7.11 Å². The van der Waals surface area contributed by atoms with Gasteiger partial charge in [0.05, 0.1) is 12.9 Å². The average molecular weight is 312 g/mol. The van der Waals surface area contributed by atoms with Gasteiger partial charge in [-0.1, -0.05) is 15.9 Å². The van der Waals surface area contributed by atoms with E-state index in [-0.39, 0.29) is 0 Å². The fraction of sp³-hybridized carbons (Fsp3) is 0.429. The van der Waals surface area contributed by atoms with Crippen LogP contribution in [0, 0.1) is 13.8 Å². The third kappa shape index (κ3) is 2.60. The smallest absolute Gasteiger partial charge is 0.134 e. The van der Waals surface area contributed by atoms with Gasteiger partial charge >= 0.3 is 0 Å². The molecule has 0 fully saturated rings. The molecule has 1 heterocycles. The van der Waals surface area contributed by atoms with Crippen LogP contribution in [0.3, 0.4) is 0 Å². The van der Waals surface area contributed by atoms with Gasteiger partial charge in [0.25, 0.3) is 0 Å².